The largest absolute Gasteiger partial charge is 1.00 e. The third-order valence-electron chi connectivity index (χ3n) is 3.02. The summed E-state index contributed by atoms with van der Waals surface area (Å²) in [6.45, 7) is 3.78. The van der Waals surface area contributed by atoms with Crippen LogP contribution in [-0.4, -0.2) is 37.7 Å². The molecule has 4 heteroatoms. The van der Waals surface area contributed by atoms with Crippen LogP contribution in [-0.2, 0) is 16.0 Å². The molecule has 0 radical (unpaired) electrons. The second-order valence-electron chi connectivity index (χ2n) is 4.54. The first-order valence-electron chi connectivity index (χ1n) is 5.60. The lowest BCUT2D eigenvalue weighted by molar-refractivity contribution is -0.856. The number of halogens is 1. The van der Waals surface area contributed by atoms with Crippen molar-refractivity contribution in [2.24, 2.45) is 0 Å². The van der Waals surface area contributed by atoms with Gasteiger partial charge in [-0.3, -0.25) is 4.48 Å². The number of hydrogen-bond donors (Lipinski definition) is 0. The summed E-state index contributed by atoms with van der Waals surface area (Å²) < 4.78 is 5.27. The average molecular weight is 270 g/mol. The van der Waals surface area contributed by atoms with Crippen molar-refractivity contribution in [1.29, 1.82) is 0 Å². The molecule has 0 spiro atoms. The van der Waals surface area contributed by atoms with E-state index in [-0.39, 0.29) is 24.4 Å². The van der Waals surface area contributed by atoms with Crippen molar-refractivity contribution in [3.63, 3.8) is 0 Å². The second kappa shape index (κ2) is 7.19. The summed E-state index contributed by atoms with van der Waals surface area (Å²) in [5, 5.41) is 0. The summed E-state index contributed by atoms with van der Waals surface area (Å²) in [5.74, 6) is -0.209. The molecule has 0 aliphatic heterocycles. The van der Waals surface area contributed by atoms with Gasteiger partial charge in [0.05, 0.1) is 27.4 Å². The number of esters is 1. The minimum atomic E-state index is -0.264. The van der Waals surface area contributed by atoms with E-state index in [1.54, 1.807) is 6.20 Å². The maximum Gasteiger partial charge on any atom is 0.365 e. The van der Waals surface area contributed by atoms with E-state index in [1.807, 2.05) is 44.4 Å². The fraction of sp³-hybridized carbons (Fsp3) is 0.357. The van der Waals surface area contributed by atoms with E-state index in [1.165, 1.54) is 7.11 Å². The molecule has 0 saturated heterocycles. The zero-order chi connectivity index (χ0) is 12.9. The van der Waals surface area contributed by atoms with Crippen LogP contribution < -0.4 is 12.4 Å². The molecular formula is C14H20ClNO2. The molecule has 1 unspecified atom stereocenters. The number of nitrogens with zero attached hydrogens (tertiary/aromatic N) is 1. The Balaban J connectivity index is 0.00000289. The van der Waals surface area contributed by atoms with Gasteiger partial charge in [0.25, 0.3) is 0 Å². The lowest BCUT2D eigenvalue weighted by Crippen LogP contribution is -3.00. The topological polar surface area (TPSA) is 26.3 Å². The van der Waals surface area contributed by atoms with E-state index < -0.39 is 0 Å². The van der Waals surface area contributed by atoms with Crippen LogP contribution in [0.1, 0.15) is 5.56 Å². The predicted octanol–water partition coefficient (Wildman–Crippen LogP) is -1.01. The van der Waals surface area contributed by atoms with E-state index in [2.05, 4.69) is 6.58 Å². The monoisotopic (exact) mass is 269 g/mol. The SMILES string of the molecule is C=C[N+](C)(C)C(Cc1ccccc1)C(=O)OC.[Cl-]. The van der Waals surface area contributed by atoms with E-state index >= 15 is 0 Å². The van der Waals surface area contributed by atoms with Gasteiger partial charge in [0.15, 0.2) is 6.04 Å². The minimum absolute atomic E-state index is 0. The first-order valence-corrected chi connectivity index (χ1v) is 5.60. The number of carbonyl (C=O) groups is 1. The van der Waals surface area contributed by atoms with Gasteiger partial charge in [-0.05, 0) is 12.1 Å². The summed E-state index contributed by atoms with van der Waals surface area (Å²) in [6.07, 6.45) is 2.40. The van der Waals surface area contributed by atoms with Crippen molar-refractivity contribution >= 4 is 5.97 Å². The summed E-state index contributed by atoms with van der Waals surface area (Å²) in [6, 6.07) is 9.66. The zero-order valence-corrected chi connectivity index (χ0v) is 11.9. The van der Waals surface area contributed by atoms with Crippen LogP contribution >= 0.6 is 0 Å². The Hall–Kier alpha value is -1.32. The first-order chi connectivity index (χ1) is 8.01. The molecule has 0 aromatic heterocycles. The summed E-state index contributed by atoms with van der Waals surface area (Å²) in [4.78, 5) is 11.8. The quantitative estimate of drug-likeness (QED) is 0.506. The van der Waals surface area contributed by atoms with Crippen LogP contribution in [0.3, 0.4) is 0 Å². The van der Waals surface area contributed by atoms with Crippen molar-refractivity contribution in [3.8, 4) is 0 Å². The van der Waals surface area contributed by atoms with Crippen LogP contribution in [0.4, 0.5) is 0 Å². The molecular weight excluding hydrogens is 250 g/mol. The molecule has 0 amide bonds. The van der Waals surface area contributed by atoms with E-state index in [0.29, 0.717) is 10.9 Å². The number of rotatable bonds is 5. The van der Waals surface area contributed by atoms with Crippen molar-refractivity contribution < 1.29 is 26.4 Å². The number of carbonyl (C=O) groups excluding carboxylic acids is 1. The fourth-order valence-corrected chi connectivity index (χ4v) is 1.69. The van der Waals surface area contributed by atoms with Gasteiger partial charge in [0, 0.05) is 6.42 Å². The normalized spacial score (nSPS) is 12.2. The highest BCUT2D eigenvalue weighted by molar-refractivity contribution is 5.74. The van der Waals surface area contributed by atoms with Crippen LogP contribution in [0.2, 0.25) is 0 Å². The number of methoxy groups -OCH3 is 1. The highest BCUT2D eigenvalue weighted by Gasteiger charge is 2.34. The lowest BCUT2D eigenvalue weighted by Gasteiger charge is -2.32. The highest BCUT2D eigenvalue weighted by atomic mass is 35.5. The molecule has 18 heavy (non-hydrogen) atoms. The zero-order valence-electron chi connectivity index (χ0n) is 11.1. The Kier molecular flexibility index (Phi) is 6.66. The second-order valence-corrected chi connectivity index (χ2v) is 4.54. The number of quaternary nitrogens is 1. The Labute approximate surface area is 115 Å². The van der Waals surface area contributed by atoms with Gasteiger partial charge >= 0.3 is 5.97 Å². The van der Waals surface area contributed by atoms with Gasteiger partial charge in [-0.15, -0.1) is 0 Å². The highest BCUT2D eigenvalue weighted by Crippen LogP contribution is 2.15. The Bertz CT molecular complexity index is 390. The molecule has 0 saturated carbocycles. The summed E-state index contributed by atoms with van der Waals surface area (Å²) in [7, 11) is 5.30. The third kappa shape index (κ3) is 4.17. The maximum absolute atomic E-state index is 11.8. The molecule has 0 aliphatic carbocycles. The first kappa shape index (κ1) is 16.7. The molecule has 0 aliphatic rings. The Morgan fingerprint density at radius 2 is 1.94 bits per heavy atom. The van der Waals surface area contributed by atoms with Crippen LogP contribution in [0, 0.1) is 0 Å². The molecule has 1 rings (SSSR count). The molecule has 1 aromatic rings. The standard InChI is InChI=1S/C14H20NO2.ClH/c1-5-15(2,3)13(14(16)17-4)11-12-9-7-6-8-10-12;/h5-10,13H,1,11H2,2-4H3;1H/q+1;/p-1. The number of hydrogen-bond acceptors (Lipinski definition) is 2. The van der Waals surface area contributed by atoms with Crippen LogP contribution in [0.15, 0.2) is 43.1 Å². The van der Waals surface area contributed by atoms with Crippen molar-refractivity contribution in [3.05, 3.63) is 48.7 Å². The van der Waals surface area contributed by atoms with Crippen LogP contribution in [0.25, 0.3) is 0 Å². The molecule has 0 N–H and O–H groups in total. The van der Waals surface area contributed by atoms with Crippen molar-refractivity contribution in [2.75, 3.05) is 21.2 Å². The molecule has 1 aromatic carbocycles. The minimum Gasteiger partial charge on any atom is -1.00 e. The fourth-order valence-electron chi connectivity index (χ4n) is 1.69. The van der Waals surface area contributed by atoms with Gasteiger partial charge in [-0.2, -0.15) is 0 Å². The smallest absolute Gasteiger partial charge is 0.365 e. The lowest BCUT2D eigenvalue weighted by atomic mass is 10.0. The van der Waals surface area contributed by atoms with E-state index in [4.69, 9.17) is 4.74 Å². The van der Waals surface area contributed by atoms with E-state index in [0.717, 1.165) is 5.56 Å². The number of benzene rings is 1. The molecule has 0 bridgehead atoms. The van der Waals surface area contributed by atoms with Gasteiger partial charge in [0.2, 0.25) is 0 Å². The summed E-state index contributed by atoms with van der Waals surface area (Å²) in [5.41, 5.74) is 1.12. The number of likely N-dealkylation sites (N-methyl/N-ethyl adjacent to an activating group) is 1. The van der Waals surface area contributed by atoms with Gasteiger partial charge in [-0.1, -0.05) is 30.3 Å². The van der Waals surface area contributed by atoms with Gasteiger partial charge in [-0.25, -0.2) is 4.79 Å². The molecule has 0 fully saturated rings. The molecule has 1 atom stereocenters. The molecule has 3 nitrogen and oxygen atoms in total. The summed E-state index contributed by atoms with van der Waals surface area (Å²) >= 11 is 0. The van der Waals surface area contributed by atoms with Crippen LogP contribution in [0.5, 0.6) is 0 Å². The third-order valence-corrected chi connectivity index (χ3v) is 3.02. The van der Waals surface area contributed by atoms with E-state index in [9.17, 15) is 4.79 Å². The van der Waals surface area contributed by atoms with Gasteiger partial charge in [0.1, 0.15) is 0 Å². The number of ether oxygens (including phenoxy) is 1. The molecule has 100 valence electrons. The van der Waals surface area contributed by atoms with Crippen molar-refractivity contribution in [1.82, 2.24) is 0 Å². The Morgan fingerprint density at radius 1 is 1.39 bits per heavy atom. The Morgan fingerprint density at radius 3 is 2.39 bits per heavy atom. The average Bonchev–Trinajstić information content (AvgIpc) is 2.36. The predicted molar refractivity (Wildman–Crippen MR) is 68.3 cm³/mol. The van der Waals surface area contributed by atoms with Crippen molar-refractivity contribution in [2.45, 2.75) is 12.5 Å². The molecule has 0 heterocycles. The van der Waals surface area contributed by atoms with Gasteiger partial charge < -0.3 is 17.1 Å². The maximum atomic E-state index is 11.8.